The molecule has 0 spiro atoms. The molecule has 0 amide bonds. The minimum absolute atomic E-state index is 0.0358. The van der Waals surface area contributed by atoms with Crippen molar-refractivity contribution in [1.29, 1.82) is 5.26 Å². The first-order chi connectivity index (χ1) is 11.8. The van der Waals surface area contributed by atoms with E-state index in [-0.39, 0.29) is 22.4 Å². The first kappa shape index (κ1) is 17.6. The van der Waals surface area contributed by atoms with Gasteiger partial charge in [0.25, 0.3) is 0 Å². The van der Waals surface area contributed by atoms with E-state index < -0.39 is 10.0 Å². The number of benzene rings is 1. The van der Waals surface area contributed by atoms with Gasteiger partial charge < -0.3 is 4.57 Å². The van der Waals surface area contributed by atoms with Crippen LogP contribution in [0.3, 0.4) is 0 Å². The van der Waals surface area contributed by atoms with Gasteiger partial charge in [0, 0.05) is 24.9 Å². The Morgan fingerprint density at radius 1 is 1.36 bits per heavy atom. The maximum atomic E-state index is 12.8. The summed E-state index contributed by atoms with van der Waals surface area (Å²) in [5.74, 6) is 1.98. The van der Waals surface area contributed by atoms with Gasteiger partial charge in [0.2, 0.25) is 10.0 Å². The molecule has 1 aromatic carbocycles. The third-order valence-corrected chi connectivity index (χ3v) is 6.01. The first-order valence-electron chi connectivity index (χ1n) is 8.27. The number of aromatic nitrogens is 3. The molecule has 132 valence electrons. The lowest BCUT2D eigenvalue weighted by Gasteiger charge is -2.26. The summed E-state index contributed by atoms with van der Waals surface area (Å²) in [5, 5.41) is 17.7. The van der Waals surface area contributed by atoms with Crippen molar-refractivity contribution in [3.8, 4) is 6.07 Å². The van der Waals surface area contributed by atoms with Gasteiger partial charge in [-0.3, -0.25) is 0 Å². The van der Waals surface area contributed by atoms with Crippen molar-refractivity contribution in [1.82, 2.24) is 19.5 Å². The number of fused-ring (bicyclic) bond motifs is 1. The van der Waals surface area contributed by atoms with Gasteiger partial charge in [-0.1, -0.05) is 26.0 Å². The van der Waals surface area contributed by atoms with E-state index in [2.05, 4.69) is 14.9 Å². The van der Waals surface area contributed by atoms with Crippen molar-refractivity contribution in [3.05, 3.63) is 41.0 Å². The number of nitrogens with one attached hydrogen (secondary N) is 1. The van der Waals surface area contributed by atoms with Crippen LogP contribution in [0, 0.1) is 18.3 Å². The van der Waals surface area contributed by atoms with Crippen LogP contribution in [0.2, 0.25) is 0 Å². The molecule has 0 radical (unpaired) electrons. The molecule has 1 N–H and O–H groups in total. The van der Waals surface area contributed by atoms with Crippen LogP contribution in [-0.4, -0.2) is 29.2 Å². The summed E-state index contributed by atoms with van der Waals surface area (Å²) in [6.45, 7) is 6.31. The predicted molar refractivity (Wildman–Crippen MR) is 92.4 cm³/mol. The van der Waals surface area contributed by atoms with Crippen molar-refractivity contribution in [2.75, 3.05) is 0 Å². The first-order valence-corrected chi connectivity index (χ1v) is 9.76. The Hall–Kier alpha value is -2.24. The summed E-state index contributed by atoms with van der Waals surface area (Å²) in [5.41, 5.74) is 0.843. The van der Waals surface area contributed by atoms with Gasteiger partial charge in [-0.05, 0) is 25.0 Å². The summed E-state index contributed by atoms with van der Waals surface area (Å²) in [6, 6.07) is 6.61. The van der Waals surface area contributed by atoms with Gasteiger partial charge in [-0.2, -0.15) is 5.26 Å². The van der Waals surface area contributed by atoms with Crippen LogP contribution in [0.25, 0.3) is 0 Å². The number of sulfonamides is 1. The number of rotatable bonds is 4. The van der Waals surface area contributed by atoms with E-state index >= 15 is 0 Å². The van der Waals surface area contributed by atoms with Gasteiger partial charge in [-0.15, -0.1) is 10.2 Å². The number of hydrogen-bond acceptors (Lipinski definition) is 5. The van der Waals surface area contributed by atoms with Crippen LogP contribution in [0.15, 0.2) is 23.1 Å². The number of aryl methyl sites for hydroxylation is 2. The van der Waals surface area contributed by atoms with Crippen molar-refractivity contribution in [2.24, 2.45) is 0 Å². The minimum Gasteiger partial charge on any atom is -0.313 e. The van der Waals surface area contributed by atoms with E-state index in [0.717, 1.165) is 11.6 Å². The normalized spacial score (nSPS) is 17.3. The molecule has 2 aromatic rings. The van der Waals surface area contributed by atoms with Gasteiger partial charge >= 0.3 is 0 Å². The molecule has 0 saturated carbocycles. The molecular formula is C17H21N5O2S. The predicted octanol–water partition coefficient (Wildman–Crippen LogP) is 1.87. The van der Waals surface area contributed by atoms with Gasteiger partial charge in [0.05, 0.1) is 5.56 Å². The van der Waals surface area contributed by atoms with Crippen molar-refractivity contribution < 1.29 is 8.42 Å². The molecule has 1 aliphatic heterocycles. The van der Waals surface area contributed by atoms with Crippen LogP contribution < -0.4 is 4.72 Å². The molecular weight excluding hydrogens is 338 g/mol. The lowest BCUT2D eigenvalue weighted by Crippen LogP contribution is -2.41. The second-order valence-corrected chi connectivity index (χ2v) is 8.34. The molecule has 0 fully saturated rings. The summed E-state index contributed by atoms with van der Waals surface area (Å²) in [6.07, 6.45) is 1.33. The molecule has 8 heteroatoms. The zero-order chi connectivity index (χ0) is 18.2. The second kappa shape index (κ2) is 6.58. The molecule has 3 rings (SSSR count). The summed E-state index contributed by atoms with van der Waals surface area (Å²) in [4.78, 5) is 0.0358. The maximum Gasteiger partial charge on any atom is 0.242 e. The molecule has 7 nitrogen and oxygen atoms in total. The Balaban J connectivity index is 1.87. The minimum atomic E-state index is -3.77. The van der Waals surface area contributed by atoms with E-state index in [0.29, 0.717) is 24.9 Å². The fourth-order valence-electron chi connectivity index (χ4n) is 3.16. The highest BCUT2D eigenvalue weighted by molar-refractivity contribution is 7.89. The monoisotopic (exact) mass is 359 g/mol. The van der Waals surface area contributed by atoms with Gasteiger partial charge in [0.1, 0.15) is 22.6 Å². The highest BCUT2D eigenvalue weighted by Gasteiger charge is 2.29. The summed E-state index contributed by atoms with van der Waals surface area (Å²) >= 11 is 0. The molecule has 2 heterocycles. The lowest BCUT2D eigenvalue weighted by molar-refractivity contribution is 0.410. The lowest BCUT2D eigenvalue weighted by atomic mass is 10.1. The van der Waals surface area contributed by atoms with Crippen LogP contribution >= 0.6 is 0 Å². The zero-order valence-electron chi connectivity index (χ0n) is 14.5. The Kier molecular flexibility index (Phi) is 4.62. The average Bonchev–Trinajstić information content (AvgIpc) is 2.97. The summed E-state index contributed by atoms with van der Waals surface area (Å²) < 4.78 is 30.4. The molecule has 25 heavy (non-hydrogen) atoms. The number of nitriles is 1. The molecule has 0 unspecified atom stereocenters. The maximum absolute atomic E-state index is 12.8. The van der Waals surface area contributed by atoms with Crippen molar-refractivity contribution in [3.63, 3.8) is 0 Å². The fraction of sp³-hybridized carbons (Fsp3) is 0.471. The fourth-order valence-corrected chi connectivity index (χ4v) is 4.65. The van der Waals surface area contributed by atoms with Gasteiger partial charge in [0.15, 0.2) is 0 Å². The highest BCUT2D eigenvalue weighted by atomic mass is 32.2. The Morgan fingerprint density at radius 2 is 2.12 bits per heavy atom. The molecule has 1 atom stereocenters. The largest absolute Gasteiger partial charge is 0.313 e. The van der Waals surface area contributed by atoms with Crippen molar-refractivity contribution in [2.45, 2.75) is 57.0 Å². The Morgan fingerprint density at radius 3 is 2.80 bits per heavy atom. The third-order valence-electron chi connectivity index (χ3n) is 4.45. The summed E-state index contributed by atoms with van der Waals surface area (Å²) in [7, 11) is -3.77. The van der Waals surface area contributed by atoms with E-state index in [4.69, 9.17) is 0 Å². The van der Waals surface area contributed by atoms with E-state index in [1.807, 2.05) is 24.5 Å². The standard InChI is InChI=1S/C17H21N5O2S/c1-11(2)17-20-19-16-8-7-13(10-22(16)17)21-25(23,24)15-6-4-5-12(3)14(15)9-18/h4-6,11,13,21H,7-8,10H2,1-3H3/t13-/m0/s1. The molecule has 1 aromatic heterocycles. The van der Waals surface area contributed by atoms with Crippen LogP contribution in [0.4, 0.5) is 0 Å². The molecule has 0 aliphatic carbocycles. The van der Waals surface area contributed by atoms with E-state index in [1.165, 1.54) is 6.07 Å². The van der Waals surface area contributed by atoms with E-state index in [9.17, 15) is 13.7 Å². The average molecular weight is 359 g/mol. The van der Waals surface area contributed by atoms with Crippen LogP contribution in [0.5, 0.6) is 0 Å². The topological polar surface area (TPSA) is 101 Å². The quantitative estimate of drug-likeness (QED) is 0.898. The number of hydrogen-bond donors (Lipinski definition) is 1. The second-order valence-electron chi connectivity index (χ2n) is 6.66. The Bertz CT molecular complexity index is 940. The van der Waals surface area contributed by atoms with Crippen molar-refractivity contribution >= 4 is 10.0 Å². The Labute approximate surface area is 147 Å². The van der Waals surface area contributed by atoms with E-state index in [1.54, 1.807) is 19.1 Å². The third kappa shape index (κ3) is 3.30. The van der Waals surface area contributed by atoms with Crippen LogP contribution in [-0.2, 0) is 23.0 Å². The highest BCUT2D eigenvalue weighted by Crippen LogP contribution is 2.23. The molecule has 0 saturated heterocycles. The SMILES string of the molecule is Cc1cccc(S(=O)(=O)N[C@H]2CCc3nnc(C(C)C)n3C2)c1C#N. The van der Waals surface area contributed by atoms with Crippen LogP contribution in [0.1, 0.15) is 49.0 Å². The molecule has 1 aliphatic rings. The number of nitrogens with zero attached hydrogens (tertiary/aromatic N) is 4. The van der Waals surface area contributed by atoms with Gasteiger partial charge in [-0.25, -0.2) is 13.1 Å². The zero-order valence-corrected chi connectivity index (χ0v) is 15.3. The molecule has 0 bridgehead atoms. The smallest absolute Gasteiger partial charge is 0.242 e.